The van der Waals surface area contributed by atoms with Gasteiger partial charge in [-0.2, -0.15) is 0 Å². The van der Waals surface area contributed by atoms with E-state index in [0.29, 0.717) is 5.56 Å². The summed E-state index contributed by atoms with van der Waals surface area (Å²) in [6.07, 6.45) is 1.03. The highest BCUT2D eigenvalue weighted by molar-refractivity contribution is 7.91. The Balaban J connectivity index is 1.99. The summed E-state index contributed by atoms with van der Waals surface area (Å²) in [5.41, 5.74) is -0.0447. The highest BCUT2D eigenvalue weighted by atomic mass is 32.2. The largest absolute Gasteiger partial charge is 0.352 e. The molecule has 0 aliphatic rings. The molecule has 0 unspecified atom stereocenters. The second-order valence-corrected chi connectivity index (χ2v) is 10.6. The first kappa shape index (κ1) is 22.5. The number of nitrogens with zero attached hydrogens (tertiary/aromatic N) is 1. The molecule has 0 spiro atoms. The molecule has 29 heavy (non-hydrogen) atoms. The number of hydrogen-bond acceptors (Lipinski definition) is 7. The van der Waals surface area contributed by atoms with Crippen LogP contribution in [-0.4, -0.2) is 46.2 Å². The summed E-state index contributed by atoms with van der Waals surface area (Å²) in [4.78, 5) is 22.1. The first-order chi connectivity index (χ1) is 13.5. The normalized spacial score (nSPS) is 11.8. The predicted molar refractivity (Wildman–Crippen MR) is 107 cm³/mol. The lowest BCUT2D eigenvalue weighted by molar-refractivity contribution is -0.385. The Morgan fingerprint density at radius 1 is 1.07 bits per heavy atom. The SMILES string of the molecule is CS(=O)(=O)c1cc(C(=O)NCCCS(=O)(=O)Cc2ccccc2)cc([N+](=O)[O-])c1. The molecular formula is C18H20N2O7S2. The second kappa shape index (κ2) is 9.14. The van der Waals surface area contributed by atoms with E-state index in [1.165, 1.54) is 0 Å². The van der Waals surface area contributed by atoms with Gasteiger partial charge in [-0.25, -0.2) is 16.8 Å². The highest BCUT2D eigenvalue weighted by Crippen LogP contribution is 2.21. The van der Waals surface area contributed by atoms with Crippen molar-refractivity contribution in [1.29, 1.82) is 0 Å². The Labute approximate surface area is 168 Å². The molecule has 9 nitrogen and oxygen atoms in total. The van der Waals surface area contributed by atoms with Gasteiger partial charge in [0.15, 0.2) is 19.7 Å². The van der Waals surface area contributed by atoms with Crippen molar-refractivity contribution >= 4 is 31.3 Å². The number of carbonyl (C=O) groups is 1. The number of amides is 1. The van der Waals surface area contributed by atoms with Crippen molar-refractivity contribution in [3.63, 3.8) is 0 Å². The predicted octanol–water partition coefficient (Wildman–Crippen LogP) is 1.73. The van der Waals surface area contributed by atoms with E-state index in [0.717, 1.165) is 24.5 Å². The van der Waals surface area contributed by atoms with Gasteiger partial charge in [-0.1, -0.05) is 30.3 Å². The molecule has 0 bridgehead atoms. The molecule has 0 atom stereocenters. The standard InChI is InChI=1S/C18H20N2O7S2/c1-28(24,25)17-11-15(10-16(12-17)20(22)23)18(21)19-8-5-9-29(26,27)13-14-6-3-2-4-7-14/h2-4,6-7,10-12H,5,8-9,13H2,1H3,(H,19,21). The van der Waals surface area contributed by atoms with Crippen molar-refractivity contribution in [2.45, 2.75) is 17.1 Å². The number of nitrogens with one attached hydrogen (secondary N) is 1. The molecule has 2 rings (SSSR count). The topological polar surface area (TPSA) is 141 Å². The summed E-state index contributed by atoms with van der Waals surface area (Å²) in [6.45, 7) is 0.0176. The molecule has 0 aliphatic carbocycles. The zero-order valence-electron chi connectivity index (χ0n) is 15.6. The Kier molecular flexibility index (Phi) is 7.09. The maximum Gasteiger partial charge on any atom is 0.271 e. The molecule has 2 aromatic carbocycles. The van der Waals surface area contributed by atoms with Crippen LogP contribution in [0.3, 0.4) is 0 Å². The smallest absolute Gasteiger partial charge is 0.271 e. The second-order valence-electron chi connectivity index (χ2n) is 6.43. The molecule has 1 amide bonds. The van der Waals surface area contributed by atoms with E-state index in [1.807, 2.05) is 0 Å². The Bertz CT molecular complexity index is 1110. The number of sulfone groups is 2. The van der Waals surface area contributed by atoms with E-state index < -0.39 is 36.2 Å². The van der Waals surface area contributed by atoms with Crippen LogP contribution in [0.2, 0.25) is 0 Å². The van der Waals surface area contributed by atoms with Gasteiger partial charge in [-0.05, 0) is 18.1 Å². The van der Waals surface area contributed by atoms with Crippen LogP contribution in [0.15, 0.2) is 53.4 Å². The molecule has 11 heteroatoms. The Morgan fingerprint density at radius 3 is 2.31 bits per heavy atom. The van der Waals surface area contributed by atoms with Crippen molar-refractivity contribution < 1.29 is 26.6 Å². The fourth-order valence-corrected chi connectivity index (χ4v) is 4.64. The van der Waals surface area contributed by atoms with Gasteiger partial charge < -0.3 is 5.32 Å². The van der Waals surface area contributed by atoms with Crippen LogP contribution in [0, 0.1) is 10.1 Å². The molecule has 0 fully saturated rings. The lowest BCUT2D eigenvalue weighted by Crippen LogP contribution is -2.26. The average molecular weight is 440 g/mol. The van der Waals surface area contributed by atoms with Gasteiger partial charge in [0, 0.05) is 30.5 Å². The third-order valence-corrected chi connectivity index (χ3v) is 6.72. The molecule has 0 saturated carbocycles. The minimum absolute atomic E-state index is 0.0176. The third kappa shape index (κ3) is 6.95. The van der Waals surface area contributed by atoms with Crippen LogP contribution < -0.4 is 5.32 Å². The summed E-state index contributed by atoms with van der Waals surface area (Å²) in [5.74, 6) is -0.977. The van der Waals surface area contributed by atoms with Gasteiger partial charge in [-0.3, -0.25) is 14.9 Å². The molecular weight excluding hydrogens is 420 g/mol. The fourth-order valence-electron chi connectivity index (χ4n) is 2.53. The van der Waals surface area contributed by atoms with Crippen molar-refractivity contribution in [2.24, 2.45) is 0 Å². The molecule has 0 aromatic heterocycles. The number of nitro groups is 1. The zero-order chi connectivity index (χ0) is 21.7. The van der Waals surface area contributed by atoms with Crippen molar-refractivity contribution in [3.8, 4) is 0 Å². The van der Waals surface area contributed by atoms with E-state index >= 15 is 0 Å². The van der Waals surface area contributed by atoms with E-state index in [1.54, 1.807) is 30.3 Å². The van der Waals surface area contributed by atoms with Gasteiger partial charge in [0.1, 0.15) is 0 Å². The zero-order valence-corrected chi connectivity index (χ0v) is 17.2. The Hall–Kier alpha value is -2.79. The maximum absolute atomic E-state index is 12.2. The van der Waals surface area contributed by atoms with Crippen LogP contribution in [0.4, 0.5) is 5.69 Å². The van der Waals surface area contributed by atoms with Crippen LogP contribution in [-0.2, 0) is 25.4 Å². The first-order valence-electron chi connectivity index (χ1n) is 8.50. The summed E-state index contributed by atoms with van der Waals surface area (Å²) in [5, 5.41) is 13.4. The fraction of sp³-hybridized carbons (Fsp3) is 0.278. The summed E-state index contributed by atoms with van der Waals surface area (Å²) in [7, 11) is -7.11. The van der Waals surface area contributed by atoms with E-state index in [4.69, 9.17) is 0 Å². The van der Waals surface area contributed by atoms with E-state index in [9.17, 15) is 31.7 Å². The van der Waals surface area contributed by atoms with E-state index in [-0.39, 0.29) is 34.9 Å². The average Bonchev–Trinajstić information content (AvgIpc) is 2.64. The Morgan fingerprint density at radius 2 is 1.72 bits per heavy atom. The minimum Gasteiger partial charge on any atom is -0.352 e. The molecule has 156 valence electrons. The van der Waals surface area contributed by atoms with Crippen LogP contribution in [0.1, 0.15) is 22.3 Å². The number of nitro benzene ring substituents is 1. The molecule has 0 heterocycles. The lowest BCUT2D eigenvalue weighted by Gasteiger charge is -2.08. The number of carbonyl (C=O) groups excluding carboxylic acids is 1. The van der Waals surface area contributed by atoms with Gasteiger partial charge in [0.2, 0.25) is 0 Å². The minimum atomic E-state index is -3.75. The first-order valence-corrected chi connectivity index (χ1v) is 12.2. The quantitative estimate of drug-likeness (QED) is 0.356. The van der Waals surface area contributed by atoms with Gasteiger partial charge in [0.25, 0.3) is 11.6 Å². The highest BCUT2D eigenvalue weighted by Gasteiger charge is 2.19. The summed E-state index contributed by atoms with van der Waals surface area (Å²) >= 11 is 0. The van der Waals surface area contributed by atoms with E-state index in [2.05, 4.69) is 5.32 Å². The molecule has 1 N–H and O–H groups in total. The maximum atomic E-state index is 12.2. The summed E-state index contributed by atoms with van der Waals surface area (Å²) < 4.78 is 47.6. The van der Waals surface area contributed by atoms with Crippen LogP contribution >= 0.6 is 0 Å². The number of non-ortho nitro benzene ring substituents is 1. The van der Waals surface area contributed by atoms with Crippen molar-refractivity contribution in [1.82, 2.24) is 5.32 Å². The van der Waals surface area contributed by atoms with Crippen molar-refractivity contribution in [3.05, 3.63) is 69.8 Å². The van der Waals surface area contributed by atoms with Crippen LogP contribution in [0.5, 0.6) is 0 Å². The molecule has 2 aromatic rings. The monoisotopic (exact) mass is 440 g/mol. The van der Waals surface area contributed by atoms with Gasteiger partial charge in [0.05, 0.1) is 21.3 Å². The lowest BCUT2D eigenvalue weighted by atomic mass is 10.2. The molecule has 0 radical (unpaired) electrons. The third-order valence-electron chi connectivity index (χ3n) is 3.94. The molecule has 0 aliphatic heterocycles. The number of hydrogen-bond donors (Lipinski definition) is 1. The van der Waals surface area contributed by atoms with Crippen molar-refractivity contribution in [2.75, 3.05) is 18.6 Å². The number of benzene rings is 2. The van der Waals surface area contributed by atoms with Crippen LogP contribution in [0.25, 0.3) is 0 Å². The van der Waals surface area contributed by atoms with Gasteiger partial charge in [-0.15, -0.1) is 0 Å². The van der Waals surface area contributed by atoms with Gasteiger partial charge >= 0.3 is 0 Å². The summed E-state index contributed by atoms with van der Waals surface area (Å²) in [6, 6.07) is 11.6. The number of rotatable bonds is 9. The molecule has 0 saturated heterocycles.